The van der Waals surface area contributed by atoms with Crippen molar-refractivity contribution in [3.05, 3.63) is 81.1 Å². The number of nitrogens with one attached hydrogen (secondary N) is 4. The Morgan fingerprint density at radius 3 is 2.19 bits per heavy atom. The van der Waals surface area contributed by atoms with Crippen molar-refractivity contribution in [2.45, 2.75) is 11.8 Å². The van der Waals surface area contributed by atoms with Gasteiger partial charge in [0.1, 0.15) is 6.33 Å². The topological polar surface area (TPSA) is 168 Å². The van der Waals surface area contributed by atoms with Crippen LogP contribution in [-0.2, 0) is 10.0 Å². The molecule has 4 N–H and O–H groups in total. The minimum atomic E-state index is -4.04. The van der Waals surface area contributed by atoms with Crippen molar-refractivity contribution in [1.82, 2.24) is 20.2 Å². The number of halogens is 1. The highest BCUT2D eigenvalue weighted by Crippen LogP contribution is 2.28. The van der Waals surface area contributed by atoms with Gasteiger partial charge in [-0.25, -0.2) is 18.4 Å². The van der Waals surface area contributed by atoms with Gasteiger partial charge in [0.25, 0.3) is 15.9 Å². The second-order valence-corrected chi connectivity index (χ2v) is 8.43. The lowest BCUT2D eigenvalue weighted by Crippen LogP contribution is -2.32. The van der Waals surface area contributed by atoms with Crippen LogP contribution in [0.3, 0.4) is 0 Å². The summed E-state index contributed by atoms with van der Waals surface area (Å²) in [5.74, 6) is -1.42. The predicted molar refractivity (Wildman–Crippen MR) is 116 cm³/mol. The van der Waals surface area contributed by atoms with E-state index in [1.165, 1.54) is 36.4 Å². The highest BCUT2D eigenvalue weighted by Gasteiger charge is 2.25. The zero-order valence-corrected chi connectivity index (χ0v) is 17.9. The third-order valence-electron chi connectivity index (χ3n) is 4.04. The van der Waals surface area contributed by atoms with Gasteiger partial charge in [-0.3, -0.25) is 31.2 Å². The van der Waals surface area contributed by atoms with Gasteiger partial charge in [-0.1, -0.05) is 29.3 Å². The van der Waals surface area contributed by atoms with Gasteiger partial charge in [-0.05, 0) is 43.3 Å². The molecule has 3 aromatic rings. The summed E-state index contributed by atoms with van der Waals surface area (Å²) in [6.07, 6.45) is 0.951. The van der Waals surface area contributed by atoms with Gasteiger partial charge >= 0.3 is 5.69 Å². The number of amides is 1. The van der Waals surface area contributed by atoms with Gasteiger partial charge in [0.05, 0.1) is 9.82 Å². The third-order valence-corrected chi connectivity index (χ3v) is 5.56. The van der Waals surface area contributed by atoms with Crippen LogP contribution in [0.15, 0.2) is 59.8 Å². The molecule has 0 aliphatic rings. The van der Waals surface area contributed by atoms with Crippen LogP contribution in [-0.4, -0.2) is 29.2 Å². The zero-order chi connectivity index (χ0) is 23.3. The number of aromatic nitrogens is 2. The lowest BCUT2D eigenvalue weighted by molar-refractivity contribution is -0.383. The van der Waals surface area contributed by atoms with Gasteiger partial charge in [0.15, 0.2) is 0 Å². The van der Waals surface area contributed by atoms with E-state index in [9.17, 15) is 23.3 Å². The molecule has 1 heterocycles. The van der Waals surface area contributed by atoms with Crippen molar-refractivity contribution < 1.29 is 18.1 Å². The third kappa shape index (κ3) is 5.46. The van der Waals surface area contributed by atoms with E-state index in [1.807, 2.05) is 4.83 Å². The quantitative estimate of drug-likeness (QED) is 0.281. The van der Waals surface area contributed by atoms with Gasteiger partial charge in [0.2, 0.25) is 11.6 Å². The Morgan fingerprint density at radius 1 is 1.00 bits per heavy atom. The Morgan fingerprint density at radius 2 is 1.59 bits per heavy atom. The van der Waals surface area contributed by atoms with Crippen LogP contribution in [0.1, 0.15) is 15.9 Å². The van der Waals surface area contributed by atoms with Crippen molar-refractivity contribution in [2.75, 3.05) is 10.9 Å². The van der Waals surface area contributed by atoms with Gasteiger partial charge in [-0.15, -0.1) is 4.83 Å². The summed E-state index contributed by atoms with van der Waals surface area (Å²) in [6, 6.07) is 11.9. The summed E-state index contributed by atoms with van der Waals surface area (Å²) >= 11 is 5.78. The van der Waals surface area contributed by atoms with Gasteiger partial charge in [-0.2, -0.15) is 0 Å². The molecule has 0 aliphatic carbocycles. The van der Waals surface area contributed by atoms with E-state index in [0.717, 1.165) is 11.9 Å². The van der Waals surface area contributed by atoms with E-state index < -0.39 is 32.4 Å². The number of hydrogen-bond donors (Lipinski definition) is 4. The second-order valence-electron chi connectivity index (χ2n) is 6.31. The number of anilines is 2. The fourth-order valence-corrected chi connectivity index (χ4v) is 3.39. The maximum atomic E-state index is 12.4. The lowest BCUT2D eigenvalue weighted by atomic mass is 10.2. The number of nitrogens with zero attached hydrogens (tertiary/aromatic N) is 3. The molecule has 1 aromatic heterocycles. The van der Waals surface area contributed by atoms with Crippen LogP contribution in [0.25, 0.3) is 0 Å². The molecule has 0 fully saturated rings. The first kappa shape index (κ1) is 22.9. The summed E-state index contributed by atoms with van der Waals surface area (Å²) in [6.45, 7) is 1.80. The molecule has 0 bridgehead atoms. The molecular weight excluding hydrogens is 462 g/mol. The van der Waals surface area contributed by atoms with Gasteiger partial charge in [0, 0.05) is 10.6 Å². The number of carbonyl (C=O) groups excluding carboxylic acids is 1. The molecule has 32 heavy (non-hydrogen) atoms. The minimum Gasteiger partial charge on any atom is -0.286 e. The summed E-state index contributed by atoms with van der Waals surface area (Å²) < 4.78 is 24.8. The fourth-order valence-electron chi connectivity index (χ4n) is 2.42. The van der Waals surface area contributed by atoms with Crippen molar-refractivity contribution in [3.8, 4) is 0 Å². The molecule has 166 valence electrons. The van der Waals surface area contributed by atoms with E-state index in [-0.39, 0.29) is 16.3 Å². The van der Waals surface area contributed by atoms with Crippen LogP contribution in [0.5, 0.6) is 0 Å². The van der Waals surface area contributed by atoms with E-state index >= 15 is 0 Å². The first-order valence-corrected chi connectivity index (χ1v) is 10.7. The summed E-state index contributed by atoms with van der Waals surface area (Å²) in [5, 5.41) is 12.0. The molecular formula is C18H16ClN7O5S. The lowest BCUT2D eigenvalue weighted by Gasteiger charge is -2.12. The van der Waals surface area contributed by atoms with E-state index in [0.29, 0.717) is 5.02 Å². The van der Waals surface area contributed by atoms with Crippen LogP contribution in [0.4, 0.5) is 17.3 Å². The monoisotopic (exact) mass is 477 g/mol. The fraction of sp³-hybridized carbons (Fsp3) is 0.0556. The number of sulfonamides is 1. The number of carbonyl (C=O) groups is 1. The van der Waals surface area contributed by atoms with Crippen molar-refractivity contribution in [1.29, 1.82) is 0 Å². The SMILES string of the molecule is Cc1ccc(S(=O)(=O)NNc2ncnc(NNC(=O)c3ccc(Cl)cc3)c2[N+](=O)[O-])cc1. The Bertz CT molecular complexity index is 1250. The average Bonchev–Trinajstić information content (AvgIpc) is 2.76. The number of aryl methyl sites for hydroxylation is 1. The smallest absolute Gasteiger partial charge is 0.286 e. The Hall–Kier alpha value is -3.81. The number of hydrogen-bond acceptors (Lipinski definition) is 9. The normalized spacial score (nSPS) is 10.9. The van der Waals surface area contributed by atoms with Crippen molar-refractivity contribution in [3.63, 3.8) is 0 Å². The molecule has 1 amide bonds. The molecule has 14 heteroatoms. The molecule has 0 radical (unpaired) electrons. The van der Waals surface area contributed by atoms with Crippen LogP contribution in [0.2, 0.25) is 5.02 Å². The number of rotatable bonds is 8. The highest BCUT2D eigenvalue weighted by atomic mass is 35.5. The summed E-state index contributed by atoms with van der Waals surface area (Å²) in [7, 11) is -4.04. The van der Waals surface area contributed by atoms with Gasteiger partial charge < -0.3 is 0 Å². The van der Waals surface area contributed by atoms with E-state index in [4.69, 9.17) is 11.6 Å². The summed E-state index contributed by atoms with van der Waals surface area (Å²) in [5.41, 5.74) is 7.22. The molecule has 0 atom stereocenters. The predicted octanol–water partition coefficient (Wildman–Crippen LogP) is 2.41. The minimum absolute atomic E-state index is 0.0547. The molecule has 0 spiro atoms. The number of hydrazine groups is 2. The molecule has 0 aliphatic heterocycles. The molecule has 2 aromatic carbocycles. The van der Waals surface area contributed by atoms with Crippen LogP contribution < -0.4 is 21.1 Å². The standard InChI is InChI=1S/C18H16ClN7O5S/c1-11-2-8-14(9-3-11)32(30,31)25-23-17-15(26(28)29)16(20-10-21-17)22-24-18(27)12-4-6-13(19)7-5-12/h2-10,25H,1H3,(H,24,27)(H2,20,21,22,23). The summed E-state index contributed by atoms with van der Waals surface area (Å²) in [4.78, 5) is 32.3. The first-order chi connectivity index (χ1) is 15.2. The van der Waals surface area contributed by atoms with Crippen molar-refractivity contribution in [2.24, 2.45) is 0 Å². The molecule has 0 saturated heterocycles. The Kier molecular flexibility index (Phi) is 6.82. The Balaban J connectivity index is 1.77. The largest absolute Gasteiger partial charge is 0.356 e. The Labute approximate surface area is 187 Å². The molecule has 0 saturated carbocycles. The first-order valence-electron chi connectivity index (χ1n) is 8.83. The van der Waals surface area contributed by atoms with Crippen LogP contribution >= 0.6 is 11.6 Å². The number of nitro groups is 1. The molecule has 0 unspecified atom stereocenters. The zero-order valence-electron chi connectivity index (χ0n) is 16.4. The average molecular weight is 478 g/mol. The molecule has 3 rings (SSSR count). The van der Waals surface area contributed by atoms with Crippen LogP contribution in [0, 0.1) is 17.0 Å². The van der Waals surface area contributed by atoms with E-state index in [2.05, 4.69) is 26.2 Å². The van der Waals surface area contributed by atoms with E-state index in [1.54, 1.807) is 19.1 Å². The maximum absolute atomic E-state index is 12.4. The number of benzene rings is 2. The highest BCUT2D eigenvalue weighted by molar-refractivity contribution is 7.89. The van der Waals surface area contributed by atoms with Crippen molar-refractivity contribution >= 4 is 44.9 Å². The maximum Gasteiger partial charge on any atom is 0.356 e. The molecule has 12 nitrogen and oxygen atoms in total. The second kappa shape index (κ2) is 9.55.